The number of halogens is 1. The minimum absolute atomic E-state index is 0.147. The Balaban J connectivity index is 1.92. The topological polar surface area (TPSA) is 68.0 Å². The van der Waals surface area contributed by atoms with E-state index in [2.05, 4.69) is 15.5 Å². The van der Waals surface area contributed by atoms with Crippen molar-refractivity contribution in [2.45, 2.75) is 19.1 Å². The molecular weight excluding hydrogens is 286 g/mol. The summed E-state index contributed by atoms with van der Waals surface area (Å²) in [6.45, 7) is 3.60. The predicted octanol–water partition coefficient (Wildman–Crippen LogP) is 3.07. The average molecular weight is 298 g/mol. The Kier molecular flexibility index (Phi) is 4.44. The van der Waals surface area contributed by atoms with Crippen molar-refractivity contribution in [2.24, 2.45) is 0 Å². The van der Waals surface area contributed by atoms with Crippen LogP contribution in [0.3, 0.4) is 0 Å². The summed E-state index contributed by atoms with van der Waals surface area (Å²) >= 11 is 7.08. The number of thioether (sulfide) groups is 1. The molecule has 1 heterocycles. The summed E-state index contributed by atoms with van der Waals surface area (Å²) in [7, 11) is 0. The zero-order chi connectivity index (χ0) is 13.8. The lowest BCUT2D eigenvalue weighted by molar-refractivity contribution is -0.113. The number of hydrogen-bond acceptors (Lipinski definition) is 5. The van der Waals surface area contributed by atoms with E-state index in [1.165, 1.54) is 11.8 Å². The van der Waals surface area contributed by atoms with Crippen molar-refractivity contribution in [3.05, 3.63) is 34.7 Å². The minimum atomic E-state index is -0.147. The number of carbonyl (C=O) groups is 1. The summed E-state index contributed by atoms with van der Waals surface area (Å²) in [6.07, 6.45) is 0. The summed E-state index contributed by atoms with van der Waals surface area (Å²) in [4.78, 5) is 11.8. The maximum atomic E-state index is 11.8. The quantitative estimate of drug-likeness (QED) is 0.878. The van der Waals surface area contributed by atoms with E-state index in [0.717, 1.165) is 5.56 Å². The molecule has 7 heteroatoms. The molecule has 0 bridgehead atoms. The normalized spacial score (nSPS) is 10.5. The molecule has 2 aromatic rings. The van der Waals surface area contributed by atoms with Gasteiger partial charge in [-0.15, -0.1) is 10.2 Å². The lowest BCUT2D eigenvalue weighted by Crippen LogP contribution is -2.14. The molecular formula is C12H12ClN3O2S. The van der Waals surface area contributed by atoms with Crippen molar-refractivity contribution in [3.8, 4) is 0 Å². The van der Waals surface area contributed by atoms with Gasteiger partial charge in [-0.25, -0.2) is 0 Å². The Bertz CT molecular complexity index is 600. The third-order valence-electron chi connectivity index (χ3n) is 2.31. The van der Waals surface area contributed by atoms with Gasteiger partial charge < -0.3 is 9.73 Å². The fourth-order valence-corrected chi connectivity index (χ4v) is 2.16. The van der Waals surface area contributed by atoms with E-state index in [-0.39, 0.29) is 11.7 Å². The van der Waals surface area contributed by atoms with Crippen LogP contribution in [0.15, 0.2) is 27.8 Å². The summed E-state index contributed by atoms with van der Waals surface area (Å²) in [5, 5.41) is 11.3. The number of carbonyl (C=O) groups excluding carboxylic acids is 1. The van der Waals surface area contributed by atoms with Crippen LogP contribution in [-0.2, 0) is 4.79 Å². The summed E-state index contributed by atoms with van der Waals surface area (Å²) in [5.74, 6) is 0.535. The molecule has 19 heavy (non-hydrogen) atoms. The van der Waals surface area contributed by atoms with Crippen LogP contribution in [0, 0.1) is 13.8 Å². The maximum Gasteiger partial charge on any atom is 0.277 e. The smallest absolute Gasteiger partial charge is 0.277 e. The Hall–Kier alpha value is -1.53. The van der Waals surface area contributed by atoms with Crippen LogP contribution >= 0.6 is 23.4 Å². The monoisotopic (exact) mass is 297 g/mol. The van der Waals surface area contributed by atoms with Crippen molar-refractivity contribution < 1.29 is 9.21 Å². The summed E-state index contributed by atoms with van der Waals surface area (Å²) in [5.41, 5.74) is 1.66. The number of aromatic nitrogens is 2. The van der Waals surface area contributed by atoms with Gasteiger partial charge in [0.15, 0.2) is 0 Å². The van der Waals surface area contributed by atoms with E-state index < -0.39 is 0 Å². The second kappa shape index (κ2) is 6.08. The van der Waals surface area contributed by atoms with E-state index in [0.29, 0.717) is 21.8 Å². The standard InChI is InChI=1S/C12H12ClN3O2S/c1-7-3-4-9(13)5-10(7)14-11(17)6-19-12-16-15-8(2)18-12/h3-5H,6H2,1-2H3,(H,14,17). The summed E-state index contributed by atoms with van der Waals surface area (Å²) in [6, 6.07) is 5.35. The van der Waals surface area contributed by atoms with Crippen LogP contribution < -0.4 is 5.32 Å². The molecule has 0 saturated heterocycles. The number of nitrogens with zero attached hydrogens (tertiary/aromatic N) is 2. The van der Waals surface area contributed by atoms with Gasteiger partial charge in [0.1, 0.15) is 0 Å². The number of aryl methyl sites for hydroxylation is 2. The van der Waals surface area contributed by atoms with Crippen molar-refractivity contribution in [1.29, 1.82) is 0 Å². The first-order valence-electron chi connectivity index (χ1n) is 5.53. The fraction of sp³-hybridized carbons (Fsp3) is 0.250. The molecule has 0 spiro atoms. The molecule has 0 saturated carbocycles. The molecule has 0 aliphatic rings. The van der Waals surface area contributed by atoms with Gasteiger partial charge in [-0.1, -0.05) is 29.4 Å². The molecule has 0 aliphatic heterocycles. The van der Waals surface area contributed by atoms with Crippen molar-refractivity contribution in [3.63, 3.8) is 0 Å². The Morgan fingerprint density at radius 1 is 1.42 bits per heavy atom. The number of hydrogen-bond donors (Lipinski definition) is 1. The van der Waals surface area contributed by atoms with Crippen LogP contribution in [0.1, 0.15) is 11.5 Å². The van der Waals surface area contributed by atoms with E-state index in [1.54, 1.807) is 19.1 Å². The van der Waals surface area contributed by atoms with Gasteiger partial charge in [-0.2, -0.15) is 0 Å². The first kappa shape index (κ1) is 13.9. The highest BCUT2D eigenvalue weighted by atomic mass is 35.5. The first-order chi connectivity index (χ1) is 9.04. The van der Waals surface area contributed by atoms with Gasteiger partial charge >= 0.3 is 0 Å². The van der Waals surface area contributed by atoms with Gasteiger partial charge in [0.25, 0.3) is 5.22 Å². The lowest BCUT2D eigenvalue weighted by Gasteiger charge is -2.07. The molecule has 0 unspecified atom stereocenters. The van der Waals surface area contributed by atoms with Gasteiger partial charge in [0.2, 0.25) is 11.8 Å². The van der Waals surface area contributed by atoms with Crippen molar-refractivity contribution in [2.75, 3.05) is 11.1 Å². The molecule has 1 aromatic carbocycles. The number of anilines is 1. The number of benzene rings is 1. The van der Waals surface area contributed by atoms with Crippen molar-refractivity contribution >= 4 is 35.0 Å². The van der Waals surface area contributed by atoms with Crippen LogP contribution in [-0.4, -0.2) is 21.9 Å². The number of amides is 1. The molecule has 1 N–H and O–H groups in total. The highest BCUT2D eigenvalue weighted by molar-refractivity contribution is 7.99. The Morgan fingerprint density at radius 2 is 2.21 bits per heavy atom. The Labute approximate surface area is 119 Å². The van der Waals surface area contributed by atoms with Crippen molar-refractivity contribution in [1.82, 2.24) is 10.2 Å². The molecule has 100 valence electrons. The van der Waals surface area contributed by atoms with Gasteiger partial charge in [0.05, 0.1) is 5.75 Å². The highest BCUT2D eigenvalue weighted by Gasteiger charge is 2.09. The molecule has 0 fully saturated rings. The first-order valence-corrected chi connectivity index (χ1v) is 6.90. The van der Waals surface area contributed by atoms with Crippen LogP contribution in [0.25, 0.3) is 0 Å². The van der Waals surface area contributed by atoms with Crippen LogP contribution in [0.2, 0.25) is 5.02 Å². The second-order valence-corrected chi connectivity index (χ2v) is 5.25. The largest absolute Gasteiger partial charge is 0.416 e. The van der Waals surface area contributed by atoms with E-state index in [9.17, 15) is 4.79 Å². The molecule has 0 aliphatic carbocycles. The minimum Gasteiger partial charge on any atom is -0.416 e. The molecule has 2 rings (SSSR count). The SMILES string of the molecule is Cc1nnc(SCC(=O)Nc2cc(Cl)ccc2C)o1. The molecule has 1 amide bonds. The zero-order valence-corrected chi connectivity index (χ0v) is 12.0. The van der Waals surface area contributed by atoms with E-state index >= 15 is 0 Å². The lowest BCUT2D eigenvalue weighted by atomic mass is 10.2. The third-order valence-corrected chi connectivity index (χ3v) is 3.36. The number of rotatable bonds is 4. The van der Waals surface area contributed by atoms with Gasteiger partial charge in [-0.05, 0) is 24.6 Å². The average Bonchev–Trinajstić information content (AvgIpc) is 2.77. The third kappa shape index (κ3) is 3.97. The van der Waals surface area contributed by atoms with Gasteiger partial charge in [0, 0.05) is 17.6 Å². The predicted molar refractivity (Wildman–Crippen MR) is 74.6 cm³/mol. The highest BCUT2D eigenvalue weighted by Crippen LogP contribution is 2.21. The number of nitrogens with one attached hydrogen (secondary N) is 1. The molecule has 1 aromatic heterocycles. The second-order valence-electron chi connectivity index (χ2n) is 3.88. The van der Waals surface area contributed by atoms with E-state index in [1.807, 2.05) is 13.0 Å². The molecule has 0 radical (unpaired) electrons. The fourth-order valence-electron chi connectivity index (χ4n) is 1.38. The summed E-state index contributed by atoms with van der Waals surface area (Å²) < 4.78 is 5.17. The zero-order valence-electron chi connectivity index (χ0n) is 10.4. The van der Waals surface area contributed by atoms with Crippen LogP contribution in [0.5, 0.6) is 0 Å². The van der Waals surface area contributed by atoms with Gasteiger partial charge in [-0.3, -0.25) is 4.79 Å². The van der Waals surface area contributed by atoms with Crippen LogP contribution in [0.4, 0.5) is 5.69 Å². The molecule has 0 atom stereocenters. The van der Waals surface area contributed by atoms with E-state index in [4.69, 9.17) is 16.0 Å². The Morgan fingerprint density at radius 3 is 2.89 bits per heavy atom. The molecule has 5 nitrogen and oxygen atoms in total. The maximum absolute atomic E-state index is 11.8.